The number of nitrogens with zero attached hydrogens (tertiary/aromatic N) is 3. The lowest BCUT2D eigenvalue weighted by molar-refractivity contribution is -0.131. The molecule has 0 radical (unpaired) electrons. The Labute approximate surface area is 196 Å². The zero-order chi connectivity index (χ0) is 23.2. The van der Waals surface area contributed by atoms with E-state index in [2.05, 4.69) is 0 Å². The zero-order valence-corrected chi connectivity index (χ0v) is 19.4. The summed E-state index contributed by atoms with van der Waals surface area (Å²) in [4.78, 5) is 34.6. The predicted octanol–water partition coefficient (Wildman–Crippen LogP) is 4.61. The van der Waals surface area contributed by atoms with E-state index in [1.807, 2.05) is 91.7 Å². The van der Waals surface area contributed by atoms with Gasteiger partial charge in [0, 0.05) is 38.3 Å². The topological polar surface area (TPSA) is 53.5 Å². The van der Waals surface area contributed by atoms with Crippen molar-refractivity contribution in [1.82, 2.24) is 14.8 Å². The number of amides is 2. The molecule has 1 aliphatic heterocycles. The van der Waals surface area contributed by atoms with Crippen LogP contribution >= 0.6 is 0 Å². The number of hydrogen-bond donors (Lipinski definition) is 0. The lowest BCUT2D eigenvalue weighted by Gasteiger charge is -2.33. The average molecular weight is 442 g/mol. The molecule has 1 aliphatic rings. The molecule has 0 N–H and O–H groups in total. The van der Waals surface area contributed by atoms with Crippen LogP contribution in [0.2, 0.25) is 0 Å². The highest BCUT2D eigenvalue weighted by Crippen LogP contribution is 2.30. The molecular formula is C28H31N3O2. The van der Waals surface area contributed by atoms with Crippen LogP contribution in [0.25, 0.3) is 0 Å². The van der Waals surface area contributed by atoms with Gasteiger partial charge in [0.2, 0.25) is 5.91 Å². The Hall–Kier alpha value is -3.47. The Morgan fingerprint density at radius 2 is 1.52 bits per heavy atom. The number of likely N-dealkylation sites (tertiary alicyclic amines) is 1. The molecule has 5 heteroatoms. The van der Waals surface area contributed by atoms with Gasteiger partial charge in [-0.1, -0.05) is 60.7 Å². The van der Waals surface area contributed by atoms with Crippen LogP contribution in [0.3, 0.4) is 0 Å². The number of pyridine rings is 1. The van der Waals surface area contributed by atoms with E-state index in [0.717, 1.165) is 35.4 Å². The Bertz CT molecular complexity index is 1090. The fraction of sp³-hybridized carbons (Fsp3) is 0.321. The minimum absolute atomic E-state index is 0.0102. The van der Waals surface area contributed by atoms with Crippen LogP contribution in [0.5, 0.6) is 0 Å². The van der Waals surface area contributed by atoms with Gasteiger partial charge in [0.25, 0.3) is 5.91 Å². The molecule has 0 unspecified atom stereocenters. The van der Waals surface area contributed by atoms with E-state index in [0.29, 0.717) is 31.6 Å². The van der Waals surface area contributed by atoms with Gasteiger partial charge >= 0.3 is 0 Å². The Morgan fingerprint density at radius 1 is 0.909 bits per heavy atom. The number of aryl methyl sites for hydroxylation is 1. The van der Waals surface area contributed by atoms with Gasteiger partial charge in [-0.25, -0.2) is 0 Å². The lowest BCUT2D eigenvalue weighted by Crippen LogP contribution is -2.39. The minimum atomic E-state index is -0.0102. The van der Waals surface area contributed by atoms with Crippen LogP contribution in [0.15, 0.2) is 72.8 Å². The number of piperidine rings is 1. The maximum Gasteiger partial charge on any atom is 0.255 e. The van der Waals surface area contributed by atoms with E-state index >= 15 is 0 Å². The molecule has 0 spiro atoms. The molecule has 3 aromatic rings. The van der Waals surface area contributed by atoms with E-state index in [-0.39, 0.29) is 17.7 Å². The highest BCUT2D eigenvalue weighted by molar-refractivity contribution is 5.95. The summed E-state index contributed by atoms with van der Waals surface area (Å²) < 4.78 is 0. The maximum absolute atomic E-state index is 13.3. The van der Waals surface area contributed by atoms with Crippen LogP contribution < -0.4 is 0 Å². The second-order valence-electron chi connectivity index (χ2n) is 8.85. The highest BCUT2D eigenvalue weighted by atomic mass is 16.2. The van der Waals surface area contributed by atoms with Crippen LogP contribution in [0.4, 0.5) is 0 Å². The van der Waals surface area contributed by atoms with E-state index in [1.54, 1.807) is 4.90 Å². The minimum Gasteiger partial charge on any atom is -0.342 e. The van der Waals surface area contributed by atoms with Crippen molar-refractivity contribution in [2.45, 2.75) is 38.6 Å². The Balaban J connectivity index is 1.43. The van der Waals surface area contributed by atoms with Crippen molar-refractivity contribution in [1.29, 1.82) is 0 Å². The molecule has 2 aromatic carbocycles. The van der Waals surface area contributed by atoms with Gasteiger partial charge in [-0.05, 0) is 43.0 Å². The second-order valence-corrected chi connectivity index (χ2v) is 8.85. The maximum atomic E-state index is 13.3. The summed E-state index contributed by atoms with van der Waals surface area (Å²) in [6.45, 7) is 3.91. The fourth-order valence-corrected chi connectivity index (χ4v) is 4.49. The van der Waals surface area contributed by atoms with Crippen molar-refractivity contribution in [3.63, 3.8) is 0 Å². The van der Waals surface area contributed by atoms with Crippen molar-refractivity contribution in [3.05, 3.63) is 101 Å². The standard InChI is InChI=1S/C28H31N3O2/c1-21-13-14-25(28(33)30(2)20-23-11-7-4-8-12-23)27(29-21)24-15-17-31(18-16-24)26(32)19-22-9-5-3-6-10-22/h3-14,24H,15-20H2,1-2H3. The van der Waals surface area contributed by atoms with E-state index in [9.17, 15) is 9.59 Å². The van der Waals surface area contributed by atoms with Gasteiger partial charge in [0.15, 0.2) is 0 Å². The van der Waals surface area contributed by atoms with Crippen molar-refractivity contribution in [2.24, 2.45) is 0 Å². The second kappa shape index (κ2) is 10.4. The van der Waals surface area contributed by atoms with Crippen molar-refractivity contribution < 1.29 is 9.59 Å². The summed E-state index contributed by atoms with van der Waals surface area (Å²) in [5.41, 5.74) is 4.59. The molecule has 0 aliphatic carbocycles. The van der Waals surface area contributed by atoms with Crippen LogP contribution in [-0.4, -0.2) is 46.7 Å². The van der Waals surface area contributed by atoms with Gasteiger partial charge in [0.1, 0.15) is 0 Å². The first kappa shape index (κ1) is 22.7. The summed E-state index contributed by atoms with van der Waals surface area (Å²) in [6.07, 6.45) is 2.07. The van der Waals surface area contributed by atoms with E-state index in [1.165, 1.54) is 0 Å². The summed E-state index contributed by atoms with van der Waals surface area (Å²) in [6, 6.07) is 23.7. The molecule has 2 amide bonds. The summed E-state index contributed by atoms with van der Waals surface area (Å²) in [5, 5.41) is 0. The summed E-state index contributed by atoms with van der Waals surface area (Å²) >= 11 is 0. The first-order valence-electron chi connectivity index (χ1n) is 11.6. The smallest absolute Gasteiger partial charge is 0.255 e. The highest BCUT2D eigenvalue weighted by Gasteiger charge is 2.28. The molecule has 0 atom stereocenters. The quantitative estimate of drug-likeness (QED) is 0.561. The van der Waals surface area contributed by atoms with Crippen LogP contribution in [0, 0.1) is 6.92 Å². The number of benzene rings is 2. The molecule has 170 valence electrons. The molecular weight excluding hydrogens is 410 g/mol. The summed E-state index contributed by atoms with van der Waals surface area (Å²) in [7, 11) is 1.84. The number of carbonyl (C=O) groups excluding carboxylic acids is 2. The summed E-state index contributed by atoms with van der Waals surface area (Å²) in [5.74, 6) is 0.328. The van der Waals surface area contributed by atoms with Gasteiger partial charge in [0.05, 0.1) is 17.7 Å². The molecule has 1 saturated heterocycles. The molecule has 33 heavy (non-hydrogen) atoms. The number of rotatable bonds is 6. The molecule has 1 aromatic heterocycles. The van der Waals surface area contributed by atoms with Crippen molar-refractivity contribution >= 4 is 11.8 Å². The number of carbonyl (C=O) groups is 2. The number of aromatic nitrogens is 1. The molecule has 0 saturated carbocycles. The van der Waals surface area contributed by atoms with E-state index in [4.69, 9.17) is 4.98 Å². The molecule has 1 fully saturated rings. The monoisotopic (exact) mass is 441 g/mol. The van der Waals surface area contributed by atoms with Gasteiger partial charge in [-0.2, -0.15) is 0 Å². The lowest BCUT2D eigenvalue weighted by atomic mass is 9.89. The third-order valence-corrected chi connectivity index (χ3v) is 6.34. The third kappa shape index (κ3) is 5.67. The van der Waals surface area contributed by atoms with Gasteiger partial charge in [-0.3, -0.25) is 14.6 Å². The largest absolute Gasteiger partial charge is 0.342 e. The van der Waals surface area contributed by atoms with E-state index < -0.39 is 0 Å². The van der Waals surface area contributed by atoms with Crippen LogP contribution in [-0.2, 0) is 17.8 Å². The Morgan fingerprint density at radius 3 is 2.15 bits per heavy atom. The number of hydrogen-bond acceptors (Lipinski definition) is 3. The van der Waals surface area contributed by atoms with Gasteiger partial charge in [-0.15, -0.1) is 0 Å². The zero-order valence-electron chi connectivity index (χ0n) is 19.4. The Kier molecular flexibility index (Phi) is 7.18. The SMILES string of the molecule is Cc1ccc(C(=O)N(C)Cc2ccccc2)c(C2CCN(C(=O)Cc3ccccc3)CC2)n1. The first-order valence-corrected chi connectivity index (χ1v) is 11.6. The fourth-order valence-electron chi connectivity index (χ4n) is 4.49. The first-order chi connectivity index (χ1) is 16.0. The van der Waals surface area contributed by atoms with Crippen molar-refractivity contribution in [3.8, 4) is 0 Å². The van der Waals surface area contributed by atoms with Crippen molar-refractivity contribution in [2.75, 3.05) is 20.1 Å². The molecule has 4 rings (SSSR count). The third-order valence-electron chi connectivity index (χ3n) is 6.34. The molecule has 5 nitrogen and oxygen atoms in total. The van der Waals surface area contributed by atoms with Crippen LogP contribution in [0.1, 0.15) is 51.6 Å². The molecule has 0 bridgehead atoms. The van der Waals surface area contributed by atoms with Gasteiger partial charge < -0.3 is 9.80 Å². The average Bonchev–Trinajstić information content (AvgIpc) is 2.85. The normalized spacial score (nSPS) is 14.2. The predicted molar refractivity (Wildman–Crippen MR) is 130 cm³/mol. The molecule has 2 heterocycles.